The number of halogens is 1. The average molecular weight is 465 g/mol. The van der Waals surface area contributed by atoms with Gasteiger partial charge in [-0.05, 0) is 55.0 Å². The minimum Gasteiger partial charge on any atom is -0.489 e. The maximum absolute atomic E-state index is 12.2. The normalized spacial score (nSPS) is 15.2. The van der Waals surface area contributed by atoms with Gasteiger partial charge in [-0.2, -0.15) is 0 Å². The summed E-state index contributed by atoms with van der Waals surface area (Å²) >= 11 is 6.14. The number of rotatable bonds is 8. The lowest BCUT2D eigenvalue weighted by Crippen LogP contribution is -2.45. The van der Waals surface area contributed by atoms with Crippen LogP contribution in [0.5, 0.6) is 5.75 Å². The number of pyridine rings is 1. The quantitative estimate of drug-likeness (QED) is 0.540. The molecule has 0 radical (unpaired) electrons. The Bertz CT molecular complexity index is 1050. The fraction of sp³-hybridized carbons (Fsp3) is 0.308. The highest BCUT2D eigenvalue weighted by atomic mass is 35.5. The van der Waals surface area contributed by atoms with Crippen molar-refractivity contribution in [3.63, 3.8) is 0 Å². The summed E-state index contributed by atoms with van der Waals surface area (Å²) in [5.74, 6) is 0.689. The van der Waals surface area contributed by atoms with Gasteiger partial charge in [0.15, 0.2) is 0 Å². The van der Waals surface area contributed by atoms with E-state index < -0.39 is 0 Å². The van der Waals surface area contributed by atoms with Crippen molar-refractivity contribution in [3.05, 3.63) is 89.2 Å². The summed E-state index contributed by atoms with van der Waals surface area (Å²) in [6, 6.07) is 19.6. The van der Waals surface area contributed by atoms with E-state index in [0.717, 1.165) is 43.5 Å². The van der Waals surface area contributed by atoms with E-state index in [9.17, 15) is 4.79 Å². The second-order valence-corrected chi connectivity index (χ2v) is 8.70. The number of benzene rings is 2. The van der Waals surface area contributed by atoms with Crippen LogP contribution in [0.15, 0.2) is 73.1 Å². The molecule has 2 heterocycles. The van der Waals surface area contributed by atoms with Gasteiger partial charge in [0.25, 0.3) is 5.91 Å². The standard InChI is InChI=1S/C26H29ClN4O2/c1-20(18-29-26(32)22-8-10-28-11-9-22)33-25-7-2-4-21(16-25)19-30-12-14-31(15-13-30)24-6-3-5-23(27)17-24/h2-11,16-17,20H,12-15,18-19H2,1H3,(H,29,32)/t20-/m0/s1. The number of nitrogens with one attached hydrogen (secondary N) is 1. The van der Waals surface area contributed by atoms with Gasteiger partial charge in [-0.3, -0.25) is 14.7 Å². The van der Waals surface area contributed by atoms with Crippen LogP contribution in [-0.2, 0) is 6.54 Å². The molecule has 0 unspecified atom stereocenters. The Hall–Kier alpha value is -3.09. The van der Waals surface area contributed by atoms with Gasteiger partial charge in [-0.15, -0.1) is 0 Å². The van der Waals surface area contributed by atoms with Gasteiger partial charge in [-0.25, -0.2) is 0 Å². The summed E-state index contributed by atoms with van der Waals surface area (Å²) in [7, 11) is 0. The molecule has 1 N–H and O–H groups in total. The van der Waals surface area contributed by atoms with Gasteiger partial charge < -0.3 is 15.0 Å². The Morgan fingerprint density at radius 2 is 1.82 bits per heavy atom. The molecule has 1 aromatic heterocycles. The molecule has 1 saturated heterocycles. The average Bonchev–Trinajstić information content (AvgIpc) is 2.84. The number of ether oxygens (including phenoxy) is 1. The molecule has 1 atom stereocenters. The molecule has 2 aromatic carbocycles. The van der Waals surface area contributed by atoms with Crippen LogP contribution in [0.25, 0.3) is 0 Å². The number of anilines is 1. The van der Waals surface area contributed by atoms with Crippen LogP contribution in [0.4, 0.5) is 5.69 Å². The Labute approximate surface area is 200 Å². The highest BCUT2D eigenvalue weighted by Crippen LogP contribution is 2.22. The third-order valence-electron chi connectivity index (χ3n) is 5.68. The topological polar surface area (TPSA) is 57.7 Å². The Morgan fingerprint density at radius 3 is 2.58 bits per heavy atom. The predicted octanol–water partition coefficient (Wildman–Crippen LogP) is 4.25. The molecule has 0 aliphatic carbocycles. The molecule has 0 bridgehead atoms. The minimum atomic E-state index is -0.146. The van der Waals surface area contributed by atoms with Crippen molar-refractivity contribution in [1.29, 1.82) is 0 Å². The van der Waals surface area contributed by atoms with E-state index in [0.29, 0.717) is 12.1 Å². The van der Waals surface area contributed by atoms with Crippen molar-refractivity contribution >= 4 is 23.2 Å². The van der Waals surface area contributed by atoms with E-state index in [4.69, 9.17) is 16.3 Å². The third-order valence-corrected chi connectivity index (χ3v) is 5.92. The fourth-order valence-corrected chi connectivity index (χ4v) is 4.11. The lowest BCUT2D eigenvalue weighted by atomic mass is 10.1. The third kappa shape index (κ3) is 6.70. The maximum Gasteiger partial charge on any atom is 0.251 e. The number of carbonyl (C=O) groups excluding carboxylic acids is 1. The van der Waals surface area contributed by atoms with Crippen molar-refractivity contribution < 1.29 is 9.53 Å². The van der Waals surface area contributed by atoms with E-state index in [1.807, 2.05) is 37.3 Å². The fourth-order valence-electron chi connectivity index (χ4n) is 3.93. The monoisotopic (exact) mass is 464 g/mol. The summed E-state index contributed by atoms with van der Waals surface area (Å²) < 4.78 is 6.05. The van der Waals surface area contributed by atoms with Gasteiger partial charge in [0.2, 0.25) is 0 Å². The molecule has 1 fully saturated rings. The largest absolute Gasteiger partial charge is 0.489 e. The van der Waals surface area contributed by atoms with E-state index in [1.165, 1.54) is 11.3 Å². The number of carbonyl (C=O) groups is 1. The van der Waals surface area contributed by atoms with E-state index in [-0.39, 0.29) is 12.0 Å². The number of piperazine rings is 1. The lowest BCUT2D eigenvalue weighted by molar-refractivity contribution is 0.0932. The molecule has 1 aliphatic rings. The smallest absolute Gasteiger partial charge is 0.251 e. The molecule has 33 heavy (non-hydrogen) atoms. The molecule has 4 rings (SSSR count). The molecule has 7 heteroatoms. The first-order valence-electron chi connectivity index (χ1n) is 11.2. The summed E-state index contributed by atoms with van der Waals surface area (Å²) in [4.78, 5) is 21.0. The Balaban J connectivity index is 1.24. The van der Waals surface area contributed by atoms with E-state index in [1.54, 1.807) is 24.5 Å². The molecule has 0 spiro atoms. The zero-order valence-electron chi connectivity index (χ0n) is 18.8. The van der Waals surface area contributed by atoms with Gasteiger partial charge in [-0.1, -0.05) is 29.8 Å². The SMILES string of the molecule is C[C@@H](CNC(=O)c1ccncc1)Oc1cccc(CN2CCN(c3cccc(Cl)c3)CC2)c1. The predicted molar refractivity (Wildman–Crippen MR) is 132 cm³/mol. The van der Waals surface area contributed by atoms with Gasteiger partial charge >= 0.3 is 0 Å². The van der Waals surface area contributed by atoms with Gasteiger partial charge in [0.05, 0.1) is 6.54 Å². The number of amides is 1. The molecule has 1 amide bonds. The summed E-state index contributed by atoms with van der Waals surface area (Å²) in [6.07, 6.45) is 3.07. The molecule has 1 aliphatic heterocycles. The zero-order chi connectivity index (χ0) is 23.0. The van der Waals surface area contributed by atoms with Gasteiger partial charge in [0, 0.05) is 61.4 Å². The number of aromatic nitrogens is 1. The van der Waals surface area contributed by atoms with E-state index in [2.05, 4.69) is 38.3 Å². The number of hydrogen-bond donors (Lipinski definition) is 1. The Kier molecular flexibility index (Phi) is 7.81. The van der Waals surface area contributed by atoms with Crippen LogP contribution >= 0.6 is 11.6 Å². The summed E-state index contributed by atoms with van der Waals surface area (Å²) in [6.45, 7) is 7.21. The van der Waals surface area contributed by atoms with Crippen LogP contribution in [0.1, 0.15) is 22.8 Å². The molecular formula is C26H29ClN4O2. The van der Waals surface area contributed by atoms with Crippen molar-refractivity contribution in [2.75, 3.05) is 37.6 Å². The summed E-state index contributed by atoms with van der Waals surface area (Å²) in [5.41, 5.74) is 2.99. The molecule has 3 aromatic rings. The van der Waals surface area contributed by atoms with Crippen molar-refractivity contribution in [2.45, 2.75) is 19.6 Å². The number of nitrogens with zero attached hydrogens (tertiary/aromatic N) is 3. The van der Waals surface area contributed by atoms with Crippen molar-refractivity contribution in [3.8, 4) is 5.75 Å². The number of hydrogen-bond acceptors (Lipinski definition) is 5. The van der Waals surface area contributed by atoms with Crippen LogP contribution in [0.3, 0.4) is 0 Å². The second-order valence-electron chi connectivity index (χ2n) is 8.26. The molecule has 172 valence electrons. The first kappa shape index (κ1) is 23.1. The van der Waals surface area contributed by atoms with Crippen molar-refractivity contribution in [1.82, 2.24) is 15.2 Å². The first-order chi connectivity index (χ1) is 16.1. The summed E-state index contributed by atoms with van der Waals surface area (Å²) in [5, 5.41) is 3.68. The van der Waals surface area contributed by atoms with Crippen LogP contribution in [0, 0.1) is 0 Å². The first-order valence-corrected chi connectivity index (χ1v) is 11.6. The minimum absolute atomic E-state index is 0.126. The highest BCUT2D eigenvalue weighted by Gasteiger charge is 2.18. The lowest BCUT2D eigenvalue weighted by Gasteiger charge is -2.36. The van der Waals surface area contributed by atoms with Crippen LogP contribution in [-0.4, -0.2) is 54.6 Å². The zero-order valence-corrected chi connectivity index (χ0v) is 19.5. The molecular weight excluding hydrogens is 436 g/mol. The highest BCUT2D eigenvalue weighted by molar-refractivity contribution is 6.30. The molecule has 0 saturated carbocycles. The van der Waals surface area contributed by atoms with E-state index >= 15 is 0 Å². The van der Waals surface area contributed by atoms with Gasteiger partial charge in [0.1, 0.15) is 11.9 Å². The molecule has 6 nitrogen and oxygen atoms in total. The van der Waals surface area contributed by atoms with Crippen molar-refractivity contribution in [2.24, 2.45) is 0 Å². The Morgan fingerprint density at radius 1 is 1.06 bits per heavy atom. The second kappa shape index (κ2) is 11.2. The maximum atomic E-state index is 12.2. The van der Waals surface area contributed by atoms with Crippen LogP contribution < -0.4 is 15.0 Å². The van der Waals surface area contributed by atoms with Crippen LogP contribution in [0.2, 0.25) is 5.02 Å².